The van der Waals surface area contributed by atoms with E-state index >= 15 is 0 Å². The van der Waals surface area contributed by atoms with E-state index in [-0.39, 0.29) is 17.9 Å². The van der Waals surface area contributed by atoms with E-state index in [1.807, 2.05) is 0 Å². The quantitative estimate of drug-likeness (QED) is 0.724. The minimum atomic E-state index is -0.773. The highest BCUT2D eigenvalue weighted by atomic mass is 35.5. The molecule has 10 heteroatoms. The van der Waals surface area contributed by atoms with Gasteiger partial charge < -0.3 is 0 Å². The Morgan fingerprint density at radius 2 is 1.88 bits per heavy atom. The van der Waals surface area contributed by atoms with Gasteiger partial charge in [-0.3, -0.25) is 19.3 Å². The number of amides is 2. The molecular formula is C16H15ClN6O3. The molecule has 2 aromatic rings. The van der Waals surface area contributed by atoms with Gasteiger partial charge in [-0.2, -0.15) is 5.06 Å². The molecule has 0 saturated carbocycles. The maximum atomic E-state index is 12.3. The maximum absolute atomic E-state index is 12.3. The number of tetrazole rings is 1. The van der Waals surface area contributed by atoms with Crippen LogP contribution in [0.3, 0.4) is 0 Å². The first kappa shape index (κ1) is 16.8. The number of carbonyl (C=O) groups is 2. The highest BCUT2D eigenvalue weighted by molar-refractivity contribution is 6.30. The van der Waals surface area contributed by atoms with E-state index < -0.39 is 12.0 Å². The zero-order valence-corrected chi connectivity index (χ0v) is 14.7. The molecule has 9 nitrogen and oxygen atoms in total. The average Bonchev–Trinajstić information content (AvgIpc) is 3.28. The number of rotatable bonds is 3. The highest BCUT2D eigenvalue weighted by Crippen LogP contribution is 2.34. The topological polar surface area (TPSA) is 93.5 Å². The predicted molar refractivity (Wildman–Crippen MR) is 90.9 cm³/mol. The molecule has 3 heterocycles. The number of hydrogen-bond acceptors (Lipinski definition) is 7. The molecule has 1 aromatic carbocycles. The molecule has 0 spiro atoms. The zero-order chi connectivity index (χ0) is 18.4. The summed E-state index contributed by atoms with van der Waals surface area (Å²) >= 11 is 5.87. The van der Waals surface area contributed by atoms with Crippen LogP contribution in [0.4, 0.5) is 0 Å². The average molecular weight is 375 g/mol. The zero-order valence-electron chi connectivity index (χ0n) is 14.0. The van der Waals surface area contributed by atoms with Crippen LogP contribution < -0.4 is 0 Å². The molecule has 2 amide bonds. The molecule has 3 atom stereocenters. The van der Waals surface area contributed by atoms with Crippen LogP contribution in [0.15, 0.2) is 30.3 Å². The molecule has 0 N–H and O–H groups in total. The lowest BCUT2D eigenvalue weighted by Crippen LogP contribution is -2.35. The van der Waals surface area contributed by atoms with E-state index in [9.17, 15) is 9.59 Å². The second kappa shape index (κ2) is 6.27. The Labute approximate surface area is 153 Å². The van der Waals surface area contributed by atoms with Gasteiger partial charge in [0.1, 0.15) is 0 Å². The fourth-order valence-electron chi connectivity index (χ4n) is 3.12. The van der Waals surface area contributed by atoms with E-state index in [0.29, 0.717) is 10.8 Å². The van der Waals surface area contributed by atoms with Crippen LogP contribution in [-0.4, -0.2) is 68.2 Å². The molecule has 4 rings (SSSR count). The summed E-state index contributed by atoms with van der Waals surface area (Å²) in [6.07, 6.45) is 2.63. The van der Waals surface area contributed by atoms with Crippen molar-refractivity contribution in [2.45, 2.75) is 12.1 Å². The van der Waals surface area contributed by atoms with Gasteiger partial charge in [0, 0.05) is 19.1 Å². The third kappa shape index (κ3) is 2.70. The summed E-state index contributed by atoms with van der Waals surface area (Å²) in [7, 11) is 3.15. The smallest absolute Gasteiger partial charge is 0.261 e. The largest absolute Gasteiger partial charge is 0.284 e. The van der Waals surface area contributed by atoms with Gasteiger partial charge in [-0.15, -0.1) is 15.0 Å². The van der Waals surface area contributed by atoms with E-state index in [4.69, 9.17) is 16.4 Å². The minimum Gasteiger partial charge on any atom is -0.284 e. The monoisotopic (exact) mass is 374 g/mol. The van der Waals surface area contributed by atoms with Crippen molar-refractivity contribution in [3.05, 3.63) is 41.2 Å². The van der Waals surface area contributed by atoms with Gasteiger partial charge in [0.25, 0.3) is 5.91 Å². The van der Waals surface area contributed by atoms with E-state index in [1.54, 1.807) is 43.5 Å². The Hall–Kier alpha value is -2.62. The normalized spacial score (nSPS) is 26.3. The summed E-state index contributed by atoms with van der Waals surface area (Å²) in [5, 5.41) is 14.4. The first-order valence-corrected chi connectivity index (χ1v) is 8.28. The predicted octanol–water partition coefficient (Wildman–Crippen LogP) is 0.558. The SMILES string of the molecule is CN1C(=O)[C@H]2[C@@H](/C=C/c3nnn(-c4ccc(Cl)cc4)n3)N(C)O[C@H]2C1=O. The lowest BCUT2D eigenvalue weighted by Gasteiger charge is -2.19. The number of fused-ring (bicyclic) bond motifs is 1. The number of likely N-dealkylation sites (N-methyl/N-ethyl adjacent to an activating group) is 2. The number of aromatic nitrogens is 4. The second-order valence-electron chi connectivity index (χ2n) is 6.10. The summed E-state index contributed by atoms with van der Waals surface area (Å²) in [6, 6.07) is 6.64. The molecule has 0 unspecified atom stereocenters. The van der Waals surface area contributed by atoms with Crippen LogP contribution in [0.1, 0.15) is 5.82 Å². The number of imide groups is 1. The summed E-state index contributed by atoms with van der Waals surface area (Å²) in [5.74, 6) is -0.770. The molecule has 0 aliphatic carbocycles. The number of likely N-dealkylation sites (tertiary alicyclic amines) is 1. The first-order valence-electron chi connectivity index (χ1n) is 7.91. The van der Waals surface area contributed by atoms with Crippen LogP contribution in [0, 0.1) is 5.92 Å². The fraction of sp³-hybridized carbons (Fsp3) is 0.312. The molecule has 2 fully saturated rings. The Morgan fingerprint density at radius 1 is 1.15 bits per heavy atom. The summed E-state index contributed by atoms with van der Waals surface area (Å²) in [5.41, 5.74) is 0.723. The van der Waals surface area contributed by atoms with E-state index in [1.165, 1.54) is 16.9 Å². The van der Waals surface area contributed by atoms with Gasteiger partial charge in [-0.05, 0) is 35.6 Å². The van der Waals surface area contributed by atoms with E-state index in [0.717, 1.165) is 10.6 Å². The van der Waals surface area contributed by atoms with Crippen LogP contribution in [-0.2, 0) is 14.4 Å². The lowest BCUT2D eigenvalue weighted by molar-refractivity contribution is -0.165. The van der Waals surface area contributed by atoms with Crippen LogP contribution in [0.25, 0.3) is 11.8 Å². The number of nitrogens with zero attached hydrogens (tertiary/aromatic N) is 6. The molecule has 0 radical (unpaired) electrons. The van der Waals surface area contributed by atoms with Crippen LogP contribution in [0.2, 0.25) is 5.02 Å². The molecule has 134 valence electrons. The van der Waals surface area contributed by atoms with Gasteiger partial charge in [-0.25, -0.2) is 0 Å². The highest BCUT2D eigenvalue weighted by Gasteiger charge is 2.56. The van der Waals surface area contributed by atoms with Crippen molar-refractivity contribution in [2.75, 3.05) is 14.1 Å². The molecule has 26 heavy (non-hydrogen) atoms. The van der Waals surface area contributed by atoms with Crippen molar-refractivity contribution >= 4 is 29.5 Å². The van der Waals surface area contributed by atoms with Crippen molar-refractivity contribution in [1.29, 1.82) is 0 Å². The van der Waals surface area contributed by atoms with Gasteiger partial charge in [-0.1, -0.05) is 17.7 Å². The van der Waals surface area contributed by atoms with Gasteiger partial charge in [0.15, 0.2) is 11.9 Å². The minimum absolute atomic E-state index is 0.253. The molecular weight excluding hydrogens is 360 g/mol. The standard InChI is InChI=1S/C16H15ClN6O3/c1-21-15(24)13-11(22(2)26-14(13)16(21)25)7-8-12-18-20-23(19-12)10-5-3-9(17)4-6-10/h3-8,11,13-14H,1-2H3/b8-7+/t11-,13+,14-/m1/s1. The number of hydrogen-bond donors (Lipinski definition) is 0. The summed E-state index contributed by atoms with van der Waals surface area (Å²) < 4.78 is 0. The second-order valence-corrected chi connectivity index (χ2v) is 6.53. The Kier molecular flexibility index (Phi) is 4.06. The summed E-state index contributed by atoms with van der Waals surface area (Å²) in [4.78, 5) is 32.3. The number of benzene rings is 1. The molecule has 1 aromatic heterocycles. The molecule has 2 saturated heterocycles. The van der Waals surface area contributed by atoms with Crippen LogP contribution in [0.5, 0.6) is 0 Å². The number of hydroxylamine groups is 2. The third-order valence-corrected chi connectivity index (χ3v) is 4.76. The molecule has 2 aliphatic rings. The van der Waals surface area contributed by atoms with Crippen molar-refractivity contribution < 1.29 is 14.4 Å². The van der Waals surface area contributed by atoms with Gasteiger partial charge in [0.05, 0.1) is 17.6 Å². The Morgan fingerprint density at radius 3 is 2.62 bits per heavy atom. The number of halogens is 1. The van der Waals surface area contributed by atoms with Crippen LogP contribution >= 0.6 is 11.6 Å². The fourth-order valence-corrected chi connectivity index (χ4v) is 3.24. The van der Waals surface area contributed by atoms with E-state index in [2.05, 4.69) is 15.4 Å². The first-order chi connectivity index (χ1) is 12.5. The maximum Gasteiger partial charge on any atom is 0.261 e. The van der Waals surface area contributed by atoms with Crippen molar-refractivity contribution in [3.8, 4) is 5.69 Å². The molecule has 0 bridgehead atoms. The van der Waals surface area contributed by atoms with Crippen molar-refractivity contribution in [2.24, 2.45) is 5.92 Å². The van der Waals surface area contributed by atoms with Gasteiger partial charge in [0.2, 0.25) is 5.91 Å². The molecule has 2 aliphatic heterocycles. The Balaban J connectivity index is 1.54. The summed E-state index contributed by atoms with van der Waals surface area (Å²) in [6.45, 7) is 0. The third-order valence-electron chi connectivity index (χ3n) is 4.51. The van der Waals surface area contributed by atoms with Crippen molar-refractivity contribution in [3.63, 3.8) is 0 Å². The van der Waals surface area contributed by atoms with Crippen molar-refractivity contribution in [1.82, 2.24) is 30.2 Å². The Bertz CT molecular complexity index is 896. The van der Waals surface area contributed by atoms with Gasteiger partial charge >= 0.3 is 0 Å². The number of carbonyl (C=O) groups excluding carboxylic acids is 2. The lowest BCUT2D eigenvalue weighted by atomic mass is 9.96.